The average Bonchev–Trinajstić information content (AvgIpc) is 2.68. The molecule has 0 unspecified atom stereocenters. The van der Waals surface area contributed by atoms with Crippen LogP contribution >= 0.6 is 0 Å². The third kappa shape index (κ3) is 3.59. The number of rotatable bonds is 4. The highest BCUT2D eigenvalue weighted by Crippen LogP contribution is 2.30. The fourth-order valence-electron chi connectivity index (χ4n) is 3.03. The van der Waals surface area contributed by atoms with E-state index in [1.807, 2.05) is 43.3 Å². The highest BCUT2D eigenvalue weighted by molar-refractivity contribution is 7.92. The van der Waals surface area contributed by atoms with Gasteiger partial charge in [0, 0.05) is 10.9 Å². The molecule has 4 aromatic rings. The number of fused-ring (bicyclic) bond motifs is 1. The predicted octanol–water partition coefficient (Wildman–Crippen LogP) is 5.15. The summed E-state index contributed by atoms with van der Waals surface area (Å²) in [6.07, 6.45) is 0. The quantitative estimate of drug-likeness (QED) is 0.522. The van der Waals surface area contributed by atoms with Crippen molar-refractivity contribution in [1.82, 2.24) is 4.98 Å². The van der Waals surface area contributed by atoms with Gasteiger partial charge in [-0.05, 0) is 49.4 Å². The molecule has 1 heterocycles. The van der Waals surface area contributed by atoms with Crippen LogP contribution < -0.4 is 4.72 Å². The van der Waals surface area contributed by atoms with E-state index in [9.17, 15) is 12.8 Å². The molecular formula is C22H17FN2O2S. The highest BCUT2D eigenvalue weighted by Gasteiger charge is 2.17. The van der Waals surface area contributed by atoms with Gasteiger partial charge in [-0.3, -0.25) is 4.72 Å². The molecule has 0 radical (unpaired) electrons. The van der Waals surface area contributed by atoms with Crippen molar-refractivity contribution in [2.75, 3.05) is 4.72 Å². The van der Waals surface area contributed by atoms with E-state index >= 15 is 0 Å². The number of nitrogens with one attached hydrogen (secondary N) is 1. The fraction of sp³-hybridized carbons (Fsp3) is 0.0455. The Hall–Kier alpha value is -3.25. The van der Waals surface area contributed by atoms with E-state index in [0.717, 1.165) is 22.5 Å². The molecule has 0 amide bonds. The zero-order valence-corrected chi connectivity index (χ0v) is 15.9. The average molecular weight is 392 g/mol. The van der Waals surface area contributed by atoms with Crippen LogP contribution in [0.3, 0.4) is 0 Å². The summed E-state index contributed by atoms with van der Waals surface area (Å²) in [6, 6.07) is 21.7. The van der Waals surface area contributed by atoms with E-state index in [4.69, 9.17) is 0 Å². The molecule has 140 valence electrons. The molecule has 0 bridgehead atoms. The summed E-state index contributed by atoms with van der Waals surface area (Å²) in [6.45, 7) is 2.02. The first-order valence-electron chi connectivity index (χ1n) is 8.68. The molecule has 0 aliphatic carbocycles. The Balaban J connectivity index is 1.76. The molecule has 28 heavy (non-hydrogen) atoms. The monoisotopic (exact) mass is 392 g/mol. The van der Waals surface area contributed by atoms with Gasteiger partial charge in [0.25, 0.3) is 10.0 Å². The number of pyridine rings is 1. The molecule has 1 aromatic heterocycles. The number of hydrogen-bond acceptors (Lipinski definition) is 3. The Morgan fingerprint density at radius 3 is 2.54 bits per heavy atom. The van der Waals surface area contributed by atoms with Crippen molar-refractivity contribution in [3.05, 3.63) is 90.2 Å². The number of nitrogens with zero attached hydrogens (tertiary/aromatic N) is 1. The fourth-order valence-corrected chi connectivity index (χ4v) is 4.14. The number of aryl methyl sites for hydroxylation is 1. The van der Waals surface area contributed by atoms with Crippen LogP contribution in [0.2, 0.25) is 0 Å². The lowest BCUT2D eigenvalue weighted by molar-refractivity contribution is 0.595. The Morgan fingerprint density at radius 1 is 0.893 bits per heavy atom. The SMILES string of the molecule is Cc1ccc2nc(-c3ccccc3NS(=O)(=O)c3cccc(F)c3)ccc2c1. The first-order valence-corrected chi connectivity index (χ1v) is 10.2. The van der Waals surface area contributed by atoms with Gasteiger partial charge in [0.05, 0.1) is 21.8 Å². The normalized spacial score (nSPS) is 11.5. The maximum Gasteiger partial charge on any atom is 0.262 e. The van der Waals surface area contributed by atoms with E-state index in [1.165, 1.54) is 18.2 Å². The van der Waals surface area contributed by atoms with Gasteiger partial charge >= 0.3 is 0 Å². The van der Waals surface area contributed by atoms with Gasteiger partial charge in [-0.2, -0.15) is 0 Å². The first-order chi connectivity index (χ1) is 13.4. The van der Waals surface area contributed by atoms with Crippen molar-refractivity contribution >= 4 is 26.6 Å². The summed E-state index contributed by atoms with van der Waals surface area (Å²) in [7, 11) is -3.93. The summed E-state index contributed by atoms with van der Waals surface area (Å²) in [5, 5.41) is 1.02. The van der Waals surface area contributed by atoms with Crippen molar-refractivity contribution in [3.63, 3.8) is 0 Å². The van der Waals surface area contributed by atoms with E-state index in [0.29, 0.717) is 16.9 Å². The number of benzene rings is 3. The van der Waals surface area contributed by atoms with Crippen molar-refractivity contribution in [2.24, 2.45) is 0 Å². The van der Waals surface area contributed by atoms with Crippen molar-refractivity contribution in [2.45, 2.75) is 11.8 Å². The third-order valence-electron chi connectivity index (χ3n) is 4.40. The molecule has 0 aliphatic rings. The van der Waals surface area contributed by atoms with Crippen molar-refractivity contribution in [1.29, 1.82) is 0 Å². The summed E-state index contributed by atoms with van der Waals surface area (Å²) in [5.74, 6) is -0.609. The smallest absolute Gasteiger partial charge is 0.262 e. The van der Waals surface area contributed by atoms with Gasteiger partial charge in [-0.25, -0.2) is 17.8 Å². The largest absolute Gasteiger partial charge is 0.279 e. The molecule has 4 rings (SSSR count). The molecule has 0 saturated heterocycles. The van der Waals surface area contributed by atoms with E-state index in [2.05, 4.69) is 9.71 Å². The molecule has 6 heteroatoms. The Kier molecular flexibility index (Phi) is 4.57. The zero-order valence-electron chi connectivity index (χ0n) is 15.1. The summed E-state index contributed by atoms with van der Waals surface area (Å²) in [5.41, 5.74) is 3.64. The van der Waals surface area contributed by atoms with Crippen LogP contribution in [0.25, 0.3) is 22.2 Å². The number of halogens is 1. The minimum atomic E-state index is -3.93. The van der Waals surface area contributed by atoms with E-state index in [-0.39, 0.29) is 4.90 Å². The minimum absolute atomic E-state index is 0.135. The highest BCUT2D eigenvalue weighted by atomic mass is 32.2. The van der Waals surface area contributed by atoms with Crippen molar-refractivity contribution in [3.8, 4) is 11.3 Å². The van der Waals surface area contributed by atoms with Crippen LogP contribution in [0.15, 0.2) is 83.8 Å². The van der Waals surface area contributed by atoms with Crippen LogP contribution in [0.1, 0.15) is 5.56 Å². The maximum absolute atomic E-state index is 13.5. The number of aromatic nitrogens is 1. The number of anilines is 1. The summed E-state index contributed by atoms with van der Waals surface area (Å²) >= 11 is 0. The Labute approximate surface area is 162 Å². The number of sulfonamides is 1. The van der Waals surface area contributed by atoms with Crippen LogP contribution in [0, 0.1) is 12.7 Å². The Morgan fingerprint density at radius 2 is 1.71 bits per heavy atom. The van der Waals surface area contributed by atoms with Gasteiger partial charge in [0.2, 0.25) is 0 Å². The van der Waals surface area contributed by atoms with E-state index in [1.54, 1.807) is 18.2 Å². The second-order valence-corrected chi connectivity index (χ2v) is 8.18. The molecule has 4 nitrogen and oxygen atoms in total. The molecule has 0 spiro atoms. The summed E-state index contributed by atoms with van der Waals surface area (Å²) < 4.78 is 41.4. The lowest BCUT2D eigenvalue weighted by Crippen LogP contribution is -2.14. The van der Waals surface area contributed by atoms with E-state index < -0.39 is 15.8 Å². The van der Waals surface area contributed by atoms with Crippen LogP contribution in [-0.2, 0) is 10.0 Å². The van der Waals surface area contributed by atoms with Gasteiger partial charge in [0.1, 0.15) is 5.82 Å². The minimum Gasteiger partial charge on any atom is -0.279 e. The molecule has 0 saturated carbocycles. The topological polar surface area (TPSA) is 59.1 Å². The van der Waals surface area contributed by atoms with Crippen molar-refractivity contribution < 1.29 is 12.8 Å². The molecule has 3 aromatic carbocycles. The Bertz CT molecular complexity index is 1290. The maximum atomic E-state index is 13.5. The lowest BCUT2D eigenvalue weighted by Gasteiger charge is -2.13. The van der Waals surface area contributed by atoms with Crippen LogP contribution in [0.5, 0.6) is 0 Å². The molecular weight excluding hydrogens is 375 g/mol. The number of para-hydroxylation sites is 1. The van der Waals surface area contributed by atoms with Gasteiger partial charge in [-0.1, -0.05) is 42.0 Å². The number of hydrogen-bond donors (Lipinski definition) is 1. The second kappa shape index (κ2) is 7.05. The third-order valence-corrected chi connectivity index (χ3v) is 5.76. The second-order valence-electron chi connectivity index (χ2n) is 6.50. The standard InChI is InChI=1S/C22H17FN2O2S/c1-15-9-11-20-16(13-15)10-12-21(24-20)19-7-2-3-8-22(19)25-28(26,27)18-6-4-5-17(23)14-18/h2-14,25H,1H3. The van der Waals surface area contributed by atoms with Gasteiger partial charge in [0.15, 0.2) is 0 Å². The van der Waals surface area contributed by atoms with Gasteiger partial charge in [-0.15, -0.1) is 0 Å². The summed E-state index contributed by atoms with van der Waals surface area (Å²) in [4.78, 5) is 4.53. The molecule has 0 aliphatic heterocycles. The molecule has 1 N–H and O–H groups in total. The predicted molar refractivity (Wildman–Crippen MR) is 109 cm³/mol. The van der Waals surface area contributed by atoms with Crippen LogP contribution in [-0.4, -0.2) is 13.4 Å². The first kappa shape index (κ1) is 18.1. The molecule has 0 atom stereocenters. The van der Waals surface area contributed by atoms with Gasteiger partial charge < -0.3 is 0 Å². The van der Waals surface area contributed by atoms with Crippen LogP contribution in [0.4, 0.5) is 10.1 Å². The zero-order chi connectivity index (χ0) is 19.7. The lowest BCUT2D eigenvalue weighted by atomic mass is 10.1. The molecule has 0 fully saturated rings.